The minimum absolute atomic E-state index is 0.213. The third kappa shape index (κ3) is 4.64. The number of hydrogen-bond donors (Lipinski definition) is 2. The second kappa shape index (κ2) is 6.97. The summed E-state index contributed by atoms with van der Waals surface area (Å²) in [6.07, 6.45) is 6.32. The van der Waals surface area contributed by atoms with Crippen molar-refractivity contribution < 1.29 is 9.53 Å². The van der Waals surface area contributed by atoms with Gasteiger partial charge in [-0.15, -0.1) is 0 Å². The molecule has 17 heavy (non-hydrogen) atoms. The zero-order valence-corrected chi connectivity index (χ0v) is 10.5. The van der Waals surface area contributed by atoms with E-state index in [1.165, 1.54) is 12.8 Å². The van der Waals surface area contributed by atoms with Gasteiger partial charge in [0, 0.05) is 32.2 Å². The van der Waals surface area contributed by atoms with Crippen LogP contribution in [-0.4, -0.2) is 38.3 Å². The molecule has 0 radical (unpaired) electrons. The first-order chi connectivity index (χ1) is 8.34. The highest BCUT2D eigenvalue weighted by atomic mass is 16.5. The molecule has 0 aromatic carbocycles. The van der Waals surface area contributed by atoms with Gasteiger partial charge in [-0.3, -0.25) is 4.79 Å². The maximum absolute atomic E-state index is 11.7. The topological polar surface area (TPSA) is 50.4 Å². The zero-order chi connectivity index (χ0) is 11.9. The summed E-state index contributed by atoms with van der Waals surface area (Å²) in [5.74, 6) is 0.836. The molecule has 4 heteroatoms. The van der Waals surface area contributed by atoms with E-state index in [1.54, 1.807) is 0 Å². The number of carbonyl (C=O) groups is 1. The van der Waals surface area contributed by atoms with E-state index >= 15 is 0 Å². The van der Waals surface area contributed by atoms with Gasteiger partial charge in [0.2, 0.25) is 5.91 Å². The van der Waals surface area contributed by atoms with E-state index in [-0.39, 0.29) is 5.91 Å². The minimum Gasteiger partial charge on any atom is -0.381 e. The lowest BCUT2D eigenvalue weighted by Gasteiger charge is -2.22. The number of hydrogen-bond acceptors (Lipinski definition) is 3. The van der Waals surface area contributed by atoms with Crippen LogP contribution in [0.4, 0.5) is 0 Å². The Bertz CT molecular complexity index is 234. The van der Waals surface area contributed by atoms with Crippen LogP contribution in [0.2, 0.25) is 0 Å². The molecular formula is C13H24N2O2. The number of nitrogens with one attached hydrogen (secondary N) is 2. The molecule has 0 spiro atoms. The Balaban J connectivity index is 1.53. The quantitative estimate of drug-likeness (QED) is 0.755. The predicted molar refractivity (Wildman–Crippen MR) is 66.8 cm³/mol. The van der Waals surface area contributed by atoms with Gasteiger partial charge in [0.1, 0.15) is 0 Å². The fourth-order valence-electron chi connectivity index (χ4n) is 2.61. The lowest BCUT2D eigenvalue weighted by atomic mass is 10.0. The van der Waals surface area contributed by atoms with Crippen LogP contribution in [-0.2, 0) is 9.53 Å². The van der Waals surface area contributed by atoms with Gasteiger partial charge >= 0.3 is 0 Å². The Morgan fingerprint density at radius 3 is 2.82 bits per heavy atom. The molecule has 2 saturated heterocycles. The average molecular weight is 240 g/mol. The summed E-state index contributed by atoms with van der Waals surface area (Å²) in [6.45, 7) is 3.66. The normalized spacial score (nSPS) is 26.0. The SMILES string of the molecule is O=C(CCC1CCCN1)NCC1CCOCC1. The fourth-order valence-corrected chi connectivity index (χ4v) is 2.61. The lowest BCUT2D eigenvalue weighted by Crippen LogP contribution is -2.33. The Morgan fingerprint density at radius 2 is 2.12 bits per heavy atom. The Kier molecular flexibility index (Phi) is 5.26. The first-order valence-corrected chi connectivity index (χ1v) is 6.92. The average Bonchev–Trinajstić information content (AvgIpc) is 2.88. The number of carbonyl (C=O) groups excluding carboxylic acids is 1. The molecule has 1 amide bonds. The maximum atomic E-state index is 11.7. The Morgan fingerprint density at radius 1 is 1.29 bits per heavy atom. The van der Waals surface area contributed by atoms with Crippen LogP contribution in [0, 0.1) is 5.92 Å². The molecule has 2 N–H and O–H groups in total. The summed E-state index contributed by atoms with van der Waals surface area (Å²) in [7, 11) is 0. The van der Waals surface area contributed by atoms with Crippen molar-refractivity contribution in [3.05, 3.63) is 0 Å². The van der Waals surface area contributed by atoms with Crippen molar-refractivity contribution in [2.45, 2.75) is 44.6 Å². The van der Waals surface area contributed by atoms with E-state index < -0.39 is 0 Å². The van der Waals surface area contributed by atoms with Gasteiger partial charge in [-0.2, -0.15) is 0 Å². The second-order valence-corrected chi connectivity index (χ2v) is 5.19. The van der Waals surface area contributed by atoms with E-state index in [4.69, 9.17) is 4.74 Å². The highest BCUT2D eigenvalue weighted by Gasteiger charge is 2.17. The summed E-state index contributed by atoms with van der Waals surface area (Å²) in [4.78, 5) is 11.7. The van der Waals surface area contributed by atoms with E-state index in [1.807, 2.05) is 0 Å². The minimum atomic E-state index is 0.213. The van der Waals surface area contributed by atoms with E-state index in [9.17, 15) is 4.79 Å². The van der Waals surface area contributed by atoms with E-state index in [0.717, 1.165) is 45.6 Å². The van der Waals surface area contributed by atoms with Crippen molar-refractivity contribution in [1.82, 2.24) is 10.6 Å². The van der Waals surface area contributed by atoms with Crippen molar-refractivity contribution in [3.63, 3.8) is 0 Å². The third-order valence-electron chi connectivity index (χ3n) is 3.81. The highest BCUT2D eigenvalue weighted by molar-refractivity contribution is 5.75. The van der Waals surface area contributed by atoms with E-state index in [0.29, 0.717) is 18.4 Å². The van der Waals surface area contributed by atoms with Crippen molar-refractivity contribution in [3.8, 4) is 0 Å². The first kappa shape index (κ1) is 12.8. The molecule has 4 nitrogen and oxygen atoms in total. The van der Waals surface area contributed by atoms with Crippen LogP contribution in [0.5, 0.6) is 0 Å². The third-order valence-corrected chi connectivity index (χ3v) is 3.81. The molecular weight excluding hydrogens is 216 g/mol. The standard InChI is InChI=1S/C13H24N2O2/c16-13(4-3-12-2-1-7-14-12)15-10-11-5-8-17-9-6-11/h11-12,14H,1-10H2,(H,15,16). The van der Waals surface area contributed by atoms with Crippen molar-refractivity contribution >= 4 is 5.91 Å². The van der Waals surface area contributed by atoms with Crippen LogP contribution >= 0.6 is 0 Å². The highest BCUT2D eigenvalue weighted by Crippen LogP contribution is 2.14. The van der Waals surface area contributed by atoms with Crippen LogP contribution < -0.4 is 10.6 Å². The predicted octanol–water partition coefficient (Wildman–Crippen LogP) is 1.06. The van der Waals surface area contributed by atoms with Gasteiger partial charge in [0.15, 0.2) is 0 Å². The van der Waals surface area contributed by atoms with Crippen LogP contribution in [0.25, 0.3) is 0 Å². The molecule has 0 saturated carbocycles. The van der Waals surface area contributed by atoms with Gasteiger partial charge in [-0.05, 0) is 44.6 Å². The summed E-state index contributed by atoms with van der Waals surface area (Å²) in [5, 5.41) is 6.47. The number of rotatable bonds is 5. The van der Waals surface area contributed by atoms with E-state index in [2.05, 4.69) is 10.6 Å². The Hall–Kier alpha value is -0.610. The second-order valence-electron chi connectivity index (χ2n) is 5.19. The maximum Gasteiger partial charge on any atom is 0.220 e. The zero-order valence-electron chi connectivity index (χ0n) is 10.5. The monoisotopic (exact) mass is 240 g/mol. The fraction of sp³-hybridized carbons (Fsp3) is 0.923. The van der Waals surface area contributed by atoms with Crippen LogP contribution in [0.3, 0.4) is 0 Å². The molecule has 2 aliphatic rings. The van der Waals surface area contributed by atoms with Crippen molar-refractivity contribution in [2.24, 2.45) is 5.92 Å². The van der Waals surface area contributed by atoms with Gasteiger partial charge in [-0.1, -0.05) is 0 Å². The molecule has 0 aromatic heterocycles. The molecule has 1 unspecified atom stereocenters. The molecule has 0 aliphatic carbocycles. The molecule has 0 bridgehead atoms. The summed E-state index contributed by atoms with van der Waals surface area (Å²) < 4.78 is 5.30. The smallest absolute Gasteiger partial charge is 0.220 e. The lowest BCUT2D eigenvalue weighted by molar-refractivity contribution is -0.121. The van der Waals surface area contributed by atoms with Crippen LogP contribution in [0.1, 0.15) is 38.5 Å². The van der Waals surface area contributed by atoms with Crippen molar-refractivity contribution in [2.75, 3.05) is 26.3 Å². The number of ether oxygens (including phenoxy) is 1. The Labute approximate surface area is 103 Å². The molecule has 2 aliphatic heterocycles. The van der Waals surface area contributed by atoms with Gasteiger partial charge in [0.25, 0.3) is 0 Å². The van der Waals surface area contributed by atoms with Gasteiger partial charge in [-0.25, -0.2) is 0 Å². The van der Waals surface area contributed by atoms with Gasteiger partial charge < -0.3 is 15.4 Å². The molecule has 98 valence electrons. The molecule has 1 atom stereocenters. The molecule has 2 heterocycles. The molecule has 2 rings (SSSR count). The molecule has 0 aromatic rings. The van der Waals surface area contributed by atoms with Crippen molar-refractivity contribution in [1.29, 1.82) is 0 Å². The summed E-state index contributed by atoms with van der Waals surface area (Å²) >= 11 is 0. The molecule has 2 fully saturated rings. The summed E-state index contributed by atoms with van der Waals surface area (Å²) in [5.41, 5.74) is 0. The van der Waals surface area contributed by atoms with Crippen LogP contribution in [0.15, 0.2) is 0 Å². The largest absolute Gasteiger partial charge is 0.381 e. The van der Waals surface area contributed by atoms with Gasteiger partial charge in [0.05, 0.1) is 0 Å². The first-order valence-electron chi connectivity index (χ1n) is 6.92. The summed E-state index contributed by atoms with van der Waals surface area (Å²) in [6, 6.07) is 0.573. The number of amides is 1.